The maximum atomic E-state index is 7.71. The molecule has 2 nitrogen and oxygen atoms in total. The predicted molar refractivity (Wildman–Crippen MR) is 68.7 cm³/mol. The summed E-state index contributed by atoms with van der Waals surface area (Å²) in [6, 6.07) is 7.70. The lowest BCUT2D eigenvalue weighted by Gasteiger charge is -2.07. The minimum Gasteiger partial charge on any atom is -0.473 e. The van der Waals surface area contributed by atoms with Gasteiger partial charge in [0.15, 0.2) is 0 Å². The molecule has 0 radical (unpaired) electrons. The fraction of sp³-hybridized carbons (Fsp3) is 0.214. The van der Waals surface area contributed by atoms with Crippen LogP contribution in [0.25, 0.3) is 6.08 Å². The summed E-state index contributed by atoms with van der Waals surface area (Å²) in [6.07, 6.45) is 4.00. The van der Waals surface area contributed by atoms with Gasteiger partial charge in [-0.3, -0.25) is 5.41 Å². The summed E-state index contributed by atoms with van der Waals surface area (Å²) in [5.74, 6) is 0.190. The zero-order chi connectivity index (χ0) is 12.0. The van der Waals surface area contributed by atoms with Crippen molar-refractivity contribution in [3.63, 3.8) is 0 Å². The molecule has 2 heteroatoms. The van der Waals surface area contributed by atoms with Gasteiger partial charge in [0, 0.05) is 5.56 Å². The van der Waals surface area contributed by atoms with E-state index < -0.39 is 0 Å². The first kappa shape index (κ1) is 12.2. The first-order valence-electron chi connectivity index (χ1n) is 5.22. The fourth-order valence-corrected chi connectivity index (χ4v) is 1.22. The molecular weight excluding hydrogens is 198 g/mol. The molecule has 0 aliphatic rings. The molecule has 0 heterocycles. The highest BCUT2D eigenvalue weighted by Gasteiger charge is 2.01. The molecule has 0 spiro atoms. The second-order valence-electron chi connectivity index (χ2n) is 3.70. The smallest absolute Gasteiger partial charge is 0.213 e. The second-order valence-corrected chi connectivity index (χ2v) is 3.70. The Morgan fingerprint density at radius 3 is 2.50 bits per heavy atom. The van der Waals surface area contributed by atoms with E-state index in [1.807, 2.05) is 50.3 Å². The normalized spacial score (nSPS) is 10.4. The van der Waals surface area contributed by atoms with Crippen molar-refractivity contribution in [2.75, 3.05) is 6.61 Å². The quantitative estimate of drug-likeness (QED) is 0.464. The van der Waals surface area contributed by atoms with Crippen molar-refractivity contribution in [2.24, 2.45) is 0 Å². The van der Waals surface area contributed by atoms with Gasteiger partial charge in [0.2, 0.25) is 5.90 Å². The molecule has 1 aromatic carbocycles. The van der Waals surface area contributed by atoms with Gasteiger partial charge in [-0.25, -0.2) is 0 Å². The lowest BCUT2D eigenvalue weighted by Crippen LogP contribution is -2.06. The van der Waals surface area contributed by atoms with Crippen molar-refractivity contribution in [3.8, 4) is 0 Å². The molecule has 0 aliphatic heterocycles. The highest BCUT2D eigenvalue weighted by Crippen LogP contribution is 2.08. The summed E-state index contributed by atoms with van der Waals surface area (Å²) in [5.41, 5.74) is 2.82. The fourth-order valence-electron chi connectivity index (χ4n) is 1.22. The van der Waals surface area contributed by atoms with Crippen LogP contribution in [0.5, 0.6) is 0 Å². The third-order valence-corrected chi connectivity index (χ3v) is 1.99. The highest BCUT2D eigenvalue weighted by molar-refractivity contribution is 5.91. The van der Waals surface area contributed by atoms with E-state index >= 15 is 0 Å². The largest absolute Gasteiger partial charge is 0.473 e. The Morgan fingerprint density at radius 1 is 1.38 bits per heavy atom. The average Bonchev–Trinajstić information content (AvgIpc) is 2.27. The molecule has 0 aromatic heterocycles. The topological polar surface area (TPSA) is 33.1 Å². The lowest BCUT2D eigenvalue weighted by atomic mass is 10.1. The van der Waals surface area contributed by atoms with E-state index in [9.17, 15) is 0 Å². The van der Waals surface area contributed by atoms with Crippen LogP contribution in [0.4, 0.5) is 0 Å². The molecule has 0 aliphatic carbocycles. The summed E-state index contributed by atoms with van der Waals surface area (Å²) in [5, 5.41) is 7.71. The molecule has 16 heavy (non-hydrogen) atoms. The summed E-state index contributed by atoms with van der Waals surface area (Å²) in [7, 11) is 0. The second kappa shape index (κ2) is 5.91. The third kappa shape index (κ3) is 3.73. The summed E-state index contributed by atoms with van der Waals surface area (Å²) >= 11 is 0. The Morgan fingerprint density at radius 2 is 2.00 bits per heavy atom. The van der Waals surface area contributed by atoms with E-state index in [2.05, 4.69) is 6.58 Å². The van der Waals surface area contributed by atoms with Gasteiger partial charge >= 0.3 is 0 Å². The Kier molecular flexibility index (Phi) is 4.52. The van der Waals surface area contributed by atoms with Crippen molar-refractivity contribution >= 4 is 12.0 Å². The molecule has 84 valence electrons. The van der Waals surface area contributed by atoms with Gasteiger partial charge in [0.05, 0.1) is 0 Å². The van der Waals surface area contributed by atoms with Crippen LogP contribution in [0.3, 0.4) is 0 Å². The number of benzene rings is 1. The highest BCUT2D eigenvalue weighted by atomic mass is 16.5. The molecular formula is C14H17NO. The molecule has 0 saturated carbocycles. The maximum absolute atomic E-state index is 7.71. The van der Waals surface area contributed by atoms with Gasteiger partial charge in [0.1, 0.15) is 6.61 Å². The average molecular weight is 215 g/mol. The van der Waals surface area contributed by atoms with E-state index in [0.717, 1.165) is 16.7 Å². The van der Waals surface area contributed by atoms with Crippen LogP contribution < -0.4 is 0 Å². The Balaban J connectivity index is 2.66. The van der Waals surface area contributed by atoms with Crippen LogP contribution >= 0.6 is 0 Å². The van der Waals surface area contributed by atoms with Crippen LogP contribution in [0, 0.1) is 5.41 Å². The number of rotatable bonds is 4. The summed E-state index contributed by atoms with van der Waals surface area (Å²) in [6.45, 7) is 7.98. The Bertz CT molecular complexity index is 401. The first-order chi connectivity index (χ1) is 7.63. The maximum Gasteiger partial charge on any atom is 0.213 e. The molecule has 0 bridgehead atoms. The van der Waals surface area contributed by atoms with Crippen LogP contribution in [0.1, 0.15) is 25.0 Å². The number of hydrogen-bond donors (Lipinski definition) is 1. The van der Waals surface area contributed by atoms with E-state index in [-0.39, 0.29) is 5.90 Å². The minimum absolute atomic E-state index is 0.190. The standard InChI is InChI=1S/C14H17NO/c1-4-5-12-6-8-13(9-7-12)14(15)16-10-11(2)3/h4-9,15H,2,10H2,1,3H3/b5-4+,15-14?. The van der Waals surface area contributed by atoms with Gasteiger partial charge in [-0.1, -0.05) is 30.9 Å². The van der Waals surface area contributed by atoms with Gasteiger partial charge in [-0.15, -0.1) is 0 Å². The lowest BCUT2D eigenvalue weighted by molar-refractivity contribution is 0.338. The number of allylic oxidation sites excluding steroid dienone is 1. The van der Waals surface area contributed by atoms with Crippen LogP contribution in [0.15, 0.2) is 42.5 Å². The summed E-state index contributed by atoms with van der Waals surface area (Å²) in [4.78, 5) is 0. The van der Waals surface area contributed by atoms with E-state index in [0.29, 0.717) is 6.61 Å². The zero-order valence-electron chi connectivity index (χ0n) is 9.79. The molecule has 1 N–H and O–H groups in total. The van der Waals surface area contributed by atoms with Crippen molar-refractivity contribution in [3.05, 3.63) is 53.6 Å². The van der Waals surface area contributed by atoms with Crippen molar-refractivity contribution in [1.29, 1.82) is 5.41 Å². The minimum atomic E-state index is 0.190. The molecule has 0 atom stereocenters. The van der Waals surface area contributed by atoms with Gasteiger partial charge in [-0.05, 0) is 37.1 Å². The van der Waals surface area contributed by atoms with Gasteiger partial charge in [-0.2, -0.15) is 0 Å². The molecule has 0 fully saturated rings. The van der Waals surface area contributed by atoms with Crippen molar-refractivity contribution in [2.45, 2.75) is 13.8 Å². The Hall–Kier alpha value is -1.83. The van der Waals surface area contributed by atoms with E-state index in [4.69, 9.17) is 10.1 Å². The van der Waals surface area contributed by atoms with E-state index in [1.54, 1.807) is 0 Å². The Labute approximate surface area is 96.8 Å². The van der Waals surface area contributed by atoms with Crippen molar-refractivity contribution < 1.29 is 4.74 Å². The SMILES string of the molecule is C=C(C)COC(=N)c1ccc(/C=C/C)cc1. The van der Waals surface area contributed by atoms with Crippen molar-refractivity contribution in [1.82, 2.24) is 0 Å². The molecule has 1 rings (SSSR count). The number of hydrogen-bond acceptors (Lipinski definition) is 2. The molecule has 1 aromatic rings. The predicted octanol–water partition coefficient (Wildman–Crippen LogP) is 3.64. The number of nitrogens with one attached hydrogen (secondary N) is 1. The van der Waals surface area contributed by atoms with Crippen LogP contribution in [-0.4, -0.2) is 12.5 Å². The van der Waals surface area contributed by atoms with Crippen LogP contribution in [-0.2, 0) is 4.74 Å². The van der Waals surface area contributed by atoms with Gasteiger partial charge in [0.25, 0.3) is 0 Å². The van der Waals surface area contributed by atoms with E-state index in [1.165, 1.54) is 0 Å². The van der Waals surface area contributed by atoms with Gasteiger partial charge < -0.3 is 4.74 Å². The molecule has 0 amide bonds. The molecule has 0 unspecified atom stereocenters. The first-order valence-corrected chi connectivity index (χ1v) is 5.22. The van der Waals surface area contributed by atoms with Crippen LogP contribution in [0.2, 0.25) is 0 Å². The summed E-state index contributed by atoms with van der Waals surface area (Å²) < 4.78 is 5.26. The monoisotopic (exact) mass is 215 g/mol. The zero-order valence-corrected chi connectivity index (χ0v) is 9.79. The number of ether oxygens (including phenoxy) is 1. The molecule has 0 saturated heterocycles. The third-order valence-electron chi connectivity index (χ3n) is 1.99.